The summed E-state index contributed by atoms with van der Waals surface area (Å²) in [7, 11) is -0.545. The number of nitrogens with zero attached hydrogens (tertiary/aromatic N) is 1. The summed E-state index contributed by atoms with van der Waals surface area (Å²) in [6.45, 7) is 11.5. The first-order valence-electron chi connectivity index (χ1n) is 15.1. The first-order valence-corrected chi connectivity index (χ1v) is 18.5. The van der Waals surface area contributed by atoms with Gasteiger partial charge < -0.3 is 19.7 Å². The SMILES string of the molecule is C=C/C=C1/N(CCCOCCOC)c2ccc(-c3ccc(C)cc3)cc2C1(C)CCCCCC(=O)NCCSS(C)(=O)=O. The number of nitrogens with one attached hydrogen (secondary N) is 1. The number of rotatable bonds is 19. The molecule has 1 unspecified atom stereocenters. The number of ether oxygens (including phenoxy) is 2. The van der Waals surface area contributed by atoms with Gasteiger partial charge in [0.1, 0.15) is 0 Å². The molecular weight excluding hydrogens is 581 g/mol. The molecule has 0 bridgehead atoms. The molecule has 0 radical (unpaired) electrons. The molecule has 0 saturated carbocycles. The lowest BCUT2D eigenvalue weighted by Crippen LogP contribution is -2.30. The normalized spacial score (nSPS) is 17.3. The van der Waals surface area contributed by atoms with Gasteiger partial charge in [-0.1, -0.05) is 61.4 Å². The van der Waals surface area contributed by atoms with E-state index in [-0.39, 0.29) is 11.3 Å². The van der Waals surface area contributed by atoms with Crippen LogP contribution in [0.15, 0.2) is 66.9 Å². The van der Waals surface area contributed by atoms with Crippen LogP contribution in [0.25, 0.3) is 11.1 Å². The molecule has 1 aliphatic heterocycles. The van der Waals surface area contributed by atoms with Gasteiger partial charge in [-0.3, -0.25) is 4.79 Å². The van der Waals surface area contributed by atoms with Crippen LogP contribution in [0.1, 0.15) is 56.6 Å². The fourth-order valence-electron chi connectivity index (χ4n) is 5.58. The van der Waals surface area contributed by atoms with Crippen LogP contribution in [0.2, 0.25) is 0 Å². The van der Waals surface area contributed by atoms with Crippen LogP contribution >= 0.6 is 10.8 Å². The van der Waals surface area contributed by atoms with Crippen molar-refractivity contribution in [3.05, 3.63) is 78.0 Å². The number of hydrogen-bond acceptors (Lipinski definition) is 7. The molecule has 43 heavy (non-hydrogen) atoms. The number of hydrogen-bond donors (Lipinski definition) is 1. The molecule has 7 nitrogen and oxygen atoms in total. The summed E-state index contributed by atoms with van der Waals surface area (Å²) in [6.07, 6.45) is 10.2. The highest BCUT2D eigenvalue weighted by molar-refractivity contribution is 8.71. The second-order valence-electron chi connectivity index (χ2n) is 11.3. The summed E-state index contributed by atoms with van der Waals surface area (Å²) < 4.78 is 33.4. The molecule has 0 fully saturated rings. The number of benzene rings is 2. The van der Waals surface area contributed by atoms with Crippen LogP contribution in [0.4, 0.5) is 5.69 Å². The van der Waals surface area contributed by atoms with Gasteiger partial charge in [-0.25, -0.2) is 8.42 Å². The highest BCUT2D eigenvalue weighted by atomic mass is 33.1. The fourth-order valence-corrected chi connectivity index (χ4v) is 7.22. The highest BCUT2D eigenvalue weighted by Crippen LogP contribution is 2.51. The number of unbranched alkanes of at least 4 members (excludes halogenated alkanes) is 2. The van der Waals surface area contributed by atoms with E-state index in [1.54, 1.807) is 7.11 Å². The van der Waals surface area contributed by atoms with E-state index in [0.29, 0.717) is 38.5 Å². The number of fused-ring (bicyclic) bond motifs is 1. The van der Waals surface area contributed by atoms with Gasteiger partial charge in [0.2, 0.25) is 5.91 Å². The Bertz CT molecular complexity index is 1340. The maximum Gasteiger partial charge on any atom is 0.220 e. The molecule has 9 heteroatoms. The quantitative estimate of drug-likeness (QED) is 0.138. The van der Waals surface area contributed by atoms with E-state index in [2.05, 4.69) is 79.2 Å². The zero-order valence-corrected chi connectivity index (χ0v) is 27.8. The second kappa shape index (κ2) is 17.0. The Morgan fingerprint density at radius 1 is 1.05 bits per heavy atom. The Hall–Kier alpha value is -2.59. The van der Waals surface area contributed by atoms with Crippen LogP contribution in [0, 0.1) is 6.92 Å². The van der Waals surface area contributed by atoms with Crippen molar-refractivity contribution in [1.29, 1.82) is 0 Å². The lowest BCUT2D eigenvalue weighted by Gasteiger charge is -2.30. The molecule has 236 valence electrons. The van der Waals surface area contributed by atoms with Crippen LogP contribution in [-0.2, 0) is 28.6 Å². The smallest absolute Gasteiger partial charge is 0.220 e. The molecule has 1 heterocycles. The van der Waals surface area contributed by atoms with Crippen LogP contribution < -0.4 is 10.2 Å². The van der Waals surface area contributed by atoms with E-state index < -0.39 is 8.87 Å². The fraction of sp³-hybridized carbons (Fsp3) is 0.500. The topological polar surface area (TPSA) is 84.9 Å². The lowest BCUT2D eigenvalue weighted by atomic mass is 9.76. The van der Waals surface area contributed by atoms with Crippen molar-refractivity contribution in [2.24, 2.45) is 0 Å². The summed E-state index contributed by atoms with van der Waals surface area (Å²) in [4.78, 5) is 14.7. The predicted octanol–water partition coefficient (Wildman–Crippen LogP) is 6.62. The molecule has 3 rings (SSSR count). The number of aryl methyl sites for hydroxylation is 1. The van der Waals surface area contributed by atoms with Gasteiger partial charge in [-0.05, 0) is 78.8 Å². The first-order chi connectivity index (χ1) is 20.6. The molecule has 1 atom stereocenters. The van der Waals surface area contributed by atoms with Gasteiger partial charge in [0.15, 0.2) is 8.87 Å². The van der Waals surface area contributed by atoms with Crippen molar-refractivity contribution in [3.63, 3.8) is 0 Å². The Morgan fingerprint density at radius 2 is 1.79 bits per heavy atom. The summed E-state index contributed by atoms with van der Waals surface area (Å²) >= 11 is 0. The molecule has 0 aromatic heterocycles. The maximum atomic E-state index is 12.3. The maximum absolute atomic E-state index is 12.3. The third-order valence-corrected chi connectivity index (χ3v) is 10.4. The van der Waals surface area contributed by atoms with Crippen molar-refractivity contribution >= 4 is 31.3 Å². The van der Waals surface area contributed by atoms with Crippen molar-refractivity contribution in [2.45, 2.75) is 57.8 Å². The van der Waals surface area contributed by atoms with Crippen LogP contribution in [0.3, 0.4) is 0 Å². The van der Waals surface area contributed by atoms with Crippen molar-refractivity contribution in [2.75, 3.05) is 56.9 Å². The standard InChI is InChI=1S/C34H48N2O5S2/c1-6-11-32-34(3,19-9-7-8-12-33(37)35-20-25-42-43(5,38)39)30-26-29(28-15-13-27(2)14-16-28)17-18-31(30)36(32)21-10-22-41-24-23-40-4/h6,11,13-18,26H,1,7-10,12,19-25H2,2-5H3,(H,35,37)/b32-11+. The predicted molar refractivity (Wildman–Crippen MR) is 180 cm³/mol. The average molecular weight is 629 g/mol. The zero-order valence-electron chi connectivity index (χ0n) is 26.2. The van der Waals surface area contributed by atoms with Gasteiger partial charge in [-0.2, -0.15) is 0 Å². The van der Waals surface area contributed by atoms with Crippen LogP contribution in [-0.4, -0.2) is 66.4 Å². The van der Waals surface area contributed by atoms with E-state index in [4.69, 9.17) is 9.47 Å². The third-order valence-electron chi connectivity index (χ3n) is 7.80. The van der Waals surface area contributed by atoms with E-state index in [1.165, 1.54) is 39.9 Å². The number of methoxy groups -OCH3 is 1. The minimum absolute atomic E-state index is 0.0274. The Balaban J connectivity index is 1.71. The van der Waals surface area contributed by atoms with E-state index in [0.717, 1.165) is 49.4 Å². The molecule has 1 N–H and O–H groups in total. The highest BCUT2D eigenvalue weighted by Gasteiger charge is 2.42. The van der Waals surface area contributed by atoms with E-state index in [9.17, 15) is 13.2 Å². The Labute approximate surface area is 262 Å². The molecule has 0 saturated heterocycles. The van der Waals surface area contributed by atoms with Gasteiger partial charge in [0, 0.05) is 62.0 Å². The van der Waals surface area contributed by atoms with Crippen molar-refractivity contribution < 1.29 is 22.7 Å². The number of amides is 1. The number of anilines is 1. The molecule has 0 spiro atoms. The zero-order chi connectivity index (χ0) is 31.3. The first kappa shape index (κ1) is 34.9. The summed E-state index contributed by atoms with van der Waals surface area (Å²) in [5.74, 6) is 0.335. The average Bonchev–Trinajstić information content (AvgIpc) is 3.19. The lowest BCUT2D eigenvalue weighted by molar-refractivity contribution is -0.121. The third kappa shape index (κ3) is 10.5. The summed E-state index contributed by atoms with van der Waals surface area (Å²) in [5, 5.41) is 2.83. The molecule has 1 aliphatic rings. The van der Waals surface area contributed by atoms with E-state index in [1.807, 2.05) is 6.08 Å². The molecule has 2 aromatic rings. The second-order valence-corrected chi connectivity index (χ2v) is 15.8. The number of allylic oxidation sites excluding steroid dienone is 3. The minimum atomic E-state index is -3.08. The summed E-state index contributed by atoms with van der Waals surface area (Å²) in [5.41, 5.74) is 7.25. The Morgan fingerprint density at radius 3 is 2.49 bits per heavy atom. The van der Waals surface area contributed by atoms with Gasteiger partial charge in [0.25, 0.3) is 0 Å². The van der Waals surface area contributed by atoms with Crippen LogP contribution in [0.5, 0.6) is 0 Å². The minimum Gasteiger partial charge on any atom is -0.382 e. The van der Waals surface area contributed by atoms with Crippen molar-refractivity contribution in [1.82, 2.24) is 5.32 Å². The largest absolute Gasteiger partial charge is 0.382 e. The summed E-state index contributed by atoms with van der Waals surface area (Å²) in [6, 6.07) is 15.5. The van der Waals surface area contributed by atoms with Gasteiger partial charge >= 0.3 is 0 Å². The number of carbonyl (C=O) groups is 1. The molecule has 0 aliphatic carbocycles. The van der Waals surface area contributed by atoms with E-state index >= 15 is 0 Å². The number of carbonyl (C=O) groups excluding carboxylic acids is 1. The van der Waals surface area contributed by atoms with Gasteiger partial charge in [0.05, 0.1) is 13.2 Å². The molecular formula is C34H48N2O5S2. The van der Waals surface area contributed by atoms with Gasteiger partial charge in [-0.15, -0.1) is 0 Å². The monoisotopic (exact) mass is 628 g/mol. The molecule has 1 amide bonds. The van der Waals surface area contributed by atoms with Crippen molar-refractivity contribution in [3.8, 4) is 11.1 Å². The Kier molecular flexibility index (Phi) is 13.8. The molecule has 2 aromatic carbocycles.